The van der Waals surface area contributed by atoms with Gasteiger partial charge in [-0.25, -0.2) is 4.98 Å². The predicted octanol–water partition coefficient (Wildman–Crippen LogP) is 5.66. The molecular formula is C28H38F3NO5S. The van der Waals surface area contributed by atoms with E-state index in [-0.39, 0.29) is 24.7 Å². The number of aliphatic hydroxyl groups is 2. The van der Waals surface area contributed by atoms with Crippen molar-refractivity contribution in [1.82, 2.24) is 4.98 Å². The van der Waals surface area contributed by atoms with Gasteiger partial charge in [0.2, 0.25) is 0 Å². The highest BCUT2D eigenvalue weighted by Crippen LogP contribution is 2.51. The number of allylic oxidation sites excluding steroid dienone is 1. The van der Waals surface area contributed by atoms with Crippen molar-refractivity contribution in [1.29, 1.82) is 0 Å². The monoisotopic (exact) mass is 557 g/mol. The smallest absolute Gasteiger partial charge is 0.412 e. The van der Waals surface area contributed by atoms with E-state index in [1.807, 2.05) is 6.92 Å². The standard InChI is InChI=1S/C28H38F3NO5S/c1-14(9-20-13-38-17(4)32-20)22-8-7-19(28(29,30)31)10-18-11-21(18)15(2)25(35)16(3)26(36)27(5,6)23(33)12-24(34)37-22/h7,9,13,15-16,18,21-23,25,33,35H,8,10-12H2,1-6H3/b14-9?,19-7+/t15-,16-,18-,21-,22-,23+,25+/m1/s1. The summed E-state index contributed by atoms with van der Waals surface area (Å²) in [6, 6.07) is 0. The summed E-state index contributed by atoms with van der Waals surface area (Å²) in [5.41, 5.74) is -0.909. The molecule has 3 rings (SSSR count). The molecule has 1 aromatic rings. The van der Waals surface area contributed by atoms with Crippen LogP contribution in [0.5, 0.6) is 0 Å². The van der Waals surface area contributed by atoms with Crippen LogP contribution in [0.1, 0.15) is 71.0 Å². The summed E-state index contributed by atoms with van der Waals surface area (Å²) in [6.07, 6.45) is -5.66. The van der Waals surface area contributed by atoms with E-state index in [1.165, 1.54) is 25.2 Å². The molecule has 0 amide bonds. The molecule has 1 aliphatic carbocycles. The van der Waals surface area contributed by atoms with Gasteiger partial charge in [0.25, 0.3) is 0 Å². The van der Waals surface area contributed by atoms with Gasteiger partial charge in [-0.3, -0.25) is 9.59 Å². The third-order valence-electron chi connectivity index (χ3n) is 8.16. The molecule has 2 aliphatic rings. The Bertz CT molecular complexity index is 1090. The molecule has 0 aromatic carbocycles. The second-order valence-corrected chi connectivity index (χ2v) is 12.5. The van der Waals surface area contributed by atoms with Gasteiger partial charge in [-0.05, 0) is 56.1 Å². The summed E-state index contributed by atoms with van der Waals surface area (Å²) in [4.78, 5) is 30.5. The van der Waals surface area contributed by atoms with Gasteiger partial charge in [0, 0.05) is 23.3 Å². The van der Waals surface area contributed by atoms with Gasteiger partial charge in [0.05, 0.1) is 34.7 Å². The summed E-state index contributed by atoms with van der Waals surface area (Å²) >= 11 is 1.42. The van der Waals surface area contributed by atoms with Gasteiger partial charge in [-0.1, -0.05) is 33.8 Å². The van der Waals surface area contributed by atoms with Crippen molar-refractivity contribution < 1.29 is 37.7 Å². The van der Waals surface area contributed by atoms with Crippen LogP contribution >= 0.6 is 11.3 Å². The molecule has 1 fully saturated rings. The number of aromatic nitrogens is 1. The van der Waals surface area contributed by atoms with Crippen LogP contribution in [0.3, 0.4) is 0 Å². The molecule has 7 atom stereocenters. The largest absolute Gasteiger partial charge is 0.457 e. The predicted molar refractivity (Wildman–Crippen MR) is 139 cm³/mol. The maximum absolute atomic E-state index is 14.0. The number of halogens is 3. The molecule has 0 radical (unpaired) electrons. The number of hydrogen-bond acceptors (Lipinski definition) is 7. The molecule has 1 saturated carbocycles. The molecule has 0 bridgehead atoms. The highest BCUT2D eigenvalue weighted by molar-refractivity contribution is 7.09. The third-order valence-corrected chi connectivity index (χ3v) is 8.96. The first-order valence-corrected chi connectivity index (χ1v) is 13.9. The van der Waals surface area contributed by atoms with Crippen LogP contribution in [0, 0.1) is 36.0 Å². The summed E-state index contributed by atoms with van der Waals surface area (Å²) in [7, 11) is 0. The summed E-state index contributed by atoms with van der Waals surface area (Å²) < 4.78 is 47.5. The second kappa shape index (κ2) is 11.6. The zero-order valence-corrected chi connectivity index (χ0v) is 23.5. The van der Waals surface area contributed by atoms with Crippen molar-refractivity contribution in [3.05, 3.63) is 33.3 Å². The fraction of sp³-hybridized carbons (Fsp3) is 0.679. The average molecular weight is 558 g/mol. The minimum Gasteiger partial charge on any atom is -0.457 e. The van der Waals surface area contributed by atoms with E-state index in [0.29, 0.717) is 17.7 Å². The number of esters is 1. The maximum atomic E-state index is 14.0. The Morgan fingerprint density at radius 3 is 2.45 bits per heavy atom. The number of carbonyl (C=O) groups is 2. The Morgan fingerprint density at radius 1 is 1.21 bits per heavy atom. The molecular weight excluding hydrogens is 519 g/mol. The van der Waals surface area contributed by atoms with Crippen molar-refractivity contribution in [3.8, 4) is 0 Å². The third kappa shape index (κ3) is 7.12. The van der Waals surface area contributed by atoms with Gasteiger partial charge >= 0.3 is 12.1 Å². The van der Waals surface area contributed by atoms with Crippen LogP contribution in [-0.2, 0) is 14.3 Å². The molecule has 2 heterocycles. The molecule has 2 N–H and O–H groups in total. The Balaban J connectivity index is 1.98. The minimum atomic E-state index is -4.55. The van der Waals surface area contributed by atoms with Gasteiger partial charge in [0.1, 0.15) is 11.9 Å². The lowest BCUT2D eigenvalue weighted by Gasteiger charge is -2.34. The number of ether oxygens (including phenoxy) is 1. The molecule has 10 heteroatoms. The number of rotatable bonds is 2. The van der Waals surface area contributed by atoms with E-state index >= 15 is 0 Å². The summed E-state index contributed by atoms with van der Waals surface area (Å²) in [5, 5.41) is 24.4. The average Bonchev–Trinajstić information content (AvgIpc) is 3.48. The molecule has 0 spiro atoms. The second-order valence-electron chi connectivity index (χ2n) is 11.4. The number of fused-ring (bicyclic) bond motifs is 1. The van der Waals surface area contributed by atoms with Crippen LogP contribution in [0.4, 0.5) is 13.2 Å². The molecule has 38 heavy (non-hydrogen) atoms. The number of aliphatic hydroxyl groups excluding tert-OH is 2. The topological polar surface area (TPSA) is 96.7 Å². The zero-order chi connectivity index (χ0) is 28.6. The van der Waals surface area contributed by atoms with E-state index in [4.69, 9.17) is 4.74 Å². The Kier molecular flexibility index (Phi) is 9.31. The Morgan fingerprint density at radius 2 is 1.87 bits per heavy atom. The molecule has 6 nitrogen and oxygen atoms in total. The fourth-order valence-electron chi connectivity index (χ4n) is 5.33. The lowest BCUT2D eigenvalue weighted by atomic mass is 9.72. The maximum Gasteiger partial charge on any atom is 0.412 e. The summed E-state index contributed by atoms with van der Waals surface area (Å²) in [6.45, 7) is 9.86. The lowest BCUT2D eigenvalue weighted by molar-refractivity contribution is -0.154. The van der Waals surface area contributed by atoms with Gasteiger partial charge in [-0.2, -0.15) is 13.2 Å². The quantitative estimate of drug-likeness (QED) is 0.360. The number of hydrogen-bond donors (Lipinski definition) is 2. The minimum absolute atomic E-state index is 0.143. The SMILES string of the molecule is CC(=Cc1csc(C)n1)[C@H]1C/C=C(/C(F)(F)F)C[C@@H]2C[C@@H]2[C@@H](C)[C@H](O)[C@@H](C)C(=O)C(C)(C)[C@@H](O)CC(=O)O1. The highest BCUT2D eigenvalue weighted by atomic mass is 32.1. The first-order valence-electron chi connectivity index (χ1n) is 13.0. The molecule has 0 saturated heterocycles. The molecule has 0 unspecified atom stereocenters. The van der Waals surface area contributed by atoms with E-state index in [9.17, 15) is 33.0 Å². The van der Waals surface area contributed by atoms with Crippen LogP contribution < -0.4 is 0 Å². The summed E-state index contributed by atoms with van der Waals surface area (Å²) in [5.74, 6) is -2.91. The van der Waals surface area contributed by atoms with Gasteiger partial charge in [0.15, 0.2) is 0 Å². The van der Waals surface area contributed by atoms with Crippen LogP contribution in [-0.4, -0.2) is 51.4 Å². The lowest BCUT2D eigenvalue weighted by Crippen LogP contribution is -2.46. The highest BCUT2D eigenvalue weighted by Gasteiger charge is 2.49. The van der Waals surface area contributed by atoms with Crippen molar-refractivity contribution in [2.45, 2.75) is 91.7 Å². The van der Waals surface area contributed by atoms with Crippen molar-refractivity contribution in [2.75, 3.05) is 0 Å². The van der Waals surface area contributed by atoms with E-state index in [2.05, 4.69) is 4.98 Å². The van der Waals surface area contributed by atoms with E-state index in [1.54, 1.807) is 32.2 Å². The number of Topliss-reactive ketones (excluding diaryl/α,β-unsaturated/α-hetero) is 1. The van der Waals surface area contributed by atoms with Crippen molar-refractivity contribution >= 4 is 29.2 Å². The van der Waals surface area contributed by atoms with E-state index in [0.717, 1.165) is 11.1 Å². The fourth-order valence-corrected chi connectivity index (χ4v) is 5.90. The van der Waals surface area contributed by atoms with Crippen molar-refractivity contribution in [2.24, 2.45) is 29.1 Å². The molecule has 1 aromatic heterocycles. The number of alkyl halides is 3. The number of aryl methyl sites for hydroxylation is 1. The number of thiazole rings is 1. The molecule has 1 aliphatic heterocycles. The zero-order valence-electron chi connectivity index (χ0n) is 22.7. The first-order chi connectivity index (χ1) is 17.5. The van der Waals surface area contributed by atoms with Crippen LogP contribution in [0.2, 0.25) is 0 Å². The van der Waals surface area contributed by atoms with Crippen LogP contribution in [0.25, 0.3) is 6.08 Å². The first kappa shape index (κ1) is 30.5. The van der Waals surface area contributed by atoms with Crippen LogP contribution in [0.15, 0.2) is 22.6 Å². The molecule has 212 valence electrons. The Labute approximate surface area is 226 Å². The van der Waals surface area contributed by atoms with Gasteiger partial charge in [-0.15, -0.1) is 11.3 Å². The number of ketones is 1. The van der Waals surface area contributed by atoms with Gasteiger partial charge < -0.3 is 14.9 Å². The van der Waals surface area contributed by atoms with E-state index < -0.39 is 65.5 Å². The Hall–Kier alpha value is -2.04. The number of nitrogens with zero attached hydrogens (tertiary/aromatic N) is 1. The van der Waals surface area contributed by atoms with Crippen molar-refractivity contribution in [3.63, 3.8) is 0 Å². The normalized spacial score (nSPS) is 35.2. The number of carbonyl (C=O) groups excluding carboxylic acids is 2. The number of cyclic esters (lactones) is 1.